The average Bonchev–Trinajstić information content (AvgIpc) is 2.26. The number of anilines is 1. The molecule has 1 unspecified atom stereocenters. The highest BCUT2D eigenvalue weighted by Crippen LogP contribution is 2.14. The molecule has 1 aromatic rings. The molecular formula is C12H19N3O4S. The van der Waals surface area contributed by atoms with Crippen molar-refractivity contribution in [3.05, 3.63) is 29.8 Å². The highest BCUT2D eigenvalue weighted by molar-refractivity contribution is 7.91. The number of amides is 1. The van der Waals surface area contributed by atoms with E-state index in [4.69, 9.17) is 5.73 Å². The van der Waals surface area contributed by atoms with Crippen LogP contribution >= 0.6 is 0 Å². The number of benzene rings is 1. The van der Waals surface area contributed by atoms with Gasteiger partial charge in [0.15, 0.2) is 0 Å². The Bertz CT molecular complexity index is 553. The Morgan fingerprint density at radius 2 is 1.75 bits per heavy atom. The number of rotatable bonds is 5. The summed E-state index contributed by atoms with van der Waals surface area (Å²) >= 11 is 0. The number of ether oxygens (including phenoxy) is 1. The van der Waals surface area contributed by atoms with Gasteiger partial charge in [-0.05, 0) is 38.5 Å². The number of nitrogens with two attached hydrogens (primary N) is 1. The van der Waals surface area contributed by atoms with E-state index >= 15 is 0 Å². The van der Waals surface area contributed by atoms with Crippen molar-refractivity contribution in [2.45, 2.75) is 32.9 Å². The van der Waals surface area contributed by atoms with E-state index in [1.165, 1.54) is 0 Å². The zero-order chi connectivity index (χ0) is 15.3. The van der Waals surface area contributed by atoms with E-state index in [0.717, 1.165) is 5.56 Å². The molecule has 0 aliphatic heterocycles. The Morgan fingerprint density at radius 3 is 2.20 bits per heavy atom. The molecule has 7 nitrogen and oxygen atoms in total. The second-order valence-corrected chi connectivity index (χ2v) is 5.99. The van der Waals surface area contributed by atoms with Crippen molar-refractivity contribution in [1.29, 1.82) is 0 Å². The SMILES string of the molecule is CC(C)OC(=O)NS(=O)(=O)Nc1ccc(C(C)N)cc1. The fraction of sp³-hybridized carbons (Fsp3) is 0.417. The van der Waals surface area contributed by atoms with Gasteiger partial charge in [-0.15, -0.1) is 0 Å². The third-order valence-corrected chi connectivity index (χ3v) is 3.19. The Morgan fingerprint density at radius 1 is 1.20 bits per heavy atom. The van der Waals surface area contributed by atoms with Crippen LogP contribution in [0.2, 0.25) is 0 Å². The largest absolute Gasteiger partial charge is 0.446 e. The lowest BCUT2D eigenvalue weighted by Crippen LogP contribution is -2.36. The van der Waals surface area contributed by atoms with Crippen molar-refractivity contribution >= 4 is 22.0 Å². The summed E-state index contributed by atoms with van der Waals surface area (Å²) in [6.07, 6.45) is -1.43. The molecule has 1 aromatic carbocycles. The van der Waals surface area contributed by atoms with Crippen molar-refractivity contribution in [2.24, 2.45) is 5.73 Å². The van der Waals surface area contributed by atoms with Gasteiger partial charge in [0.25, 0.3) is 0 Å². The Balaban J connectivity index is 2.68. The summed E-state index contributed by atoms with van der Waals surface area (Å²) in [6.45, 7) is 5.06. The molecule has 4 N–H and O–H groups in total. The molecule has 112 valence electrons. The maximum Gasteiger partial charge on any atom is 0.422 e. The fourth-order valence-electron chi connectivity index (χ4n) is 1.38. The van der Waals surface area contributed by atoms with E-state index in [1.54, 1.807) is 42.8 Å². The number of carbonyl (C=O) groups is 1. The quantitative estimate of drug-likeness (QED) is 0.763. The van der Waals surface area contributed by atoms with Gasteiger partial charge in [0.05, 0.1) is 11.8 Å². The maximum absolute atomic E-state index is 11.7. The van der Waals surface area contributed by atoms with Gasteiger partial charge < -0.3 is 10.5 Å². The van der Waals surface area contributed by atoms with Crippen molar-refractivity contribution in [3.63, 3.8) is 0 Å². The second-order valence-electron chi connectivity index (χ2n) is 4.57. The maximum atomic E-state index is 11.7. The molecule has 0 aromatic heterocycles. The van der Waals surface area contributed by atoms with Gasteiger partial charge in [0.1, 0.15) is 0 Å². The molecule has 8 heteroatoms. The number of hydrogen-bond acceptors (Lipinski definition) is 5. The van der Waals surface area contributed by atoms with Crippen LogP contribution in [0.25, 0.3) is 0 Å². The normalized spacial score (nSPS) is 12.8. The number of carbonyl (C=O) groups excluding carboxylic acids is 1. The summed E-state index contributed by atoms with van der Waals surface area (Å²) in [5, 5.41) is 0. The Labute approximate surface area is 118 Å². The van der Waals surface area contributed by atoms with Crippen LogP contribution in [0.1, 0.15) is 32.4 Å². The molecular weight excluding hydrogens is 282 g/mol. The van der Waals surface area contributed by atoms with Crippen LogP contribution in [-0.2, 0) is 14.9 Å². The lowest BCUT2D eigenvalue weighted by molar-refractivity contribution is 0.121. The zero-order valence-corrected chi connectivity index (χ0v) is 12.4. The third-order valence-electron chi connectivity index (χ3n) is 2.25. The van der Waals surface area contributed by atoms with Gasteiger partial charge >= 0.3 is 16.3 Å². The minimum absolute atomic E-state index is 0.139. The average molecular weight is 301 g/mol. The van der Waals surface area contributed by atoms with E-state index < -0.39 is 22.4 Å². The molecule has 0 aliphatic rings. The van der Waals surface area contributed by atoms with E-state index in [0.29, 0.717) is 5.69 Å². The Kier molecular flexibility index (Phi) is 5.34. The van der Waals surface area contributed by atoms with E-state index in [1.807, 2.05) is 6.92 Å². The van der Waals surface area contributed by atoms with Crippen molar-refractivity contribution in [3.8, 4) is 0 Å². The van der Waals surface area contributed by atoms with Gasteiger partial charge in [-0.3, -0.25) is 4.72 Å². The molecule has 0 radical (unpaired) electrons. The first-order valence-electron chi connectivity index (χ1n) is 6.06. The van der Waals surface area contributed by atoms with Gasteiger partial charge in [-0.2, -0.15) is 8.42 Å². The molecule has 1 amide bonds. The Hall–Kier alpha value is -1.80. The first kappa shape index (κ1) is 16.3. The van der Waals surface area contributed by atoms with E-state index in [-0.39, 0.29) is 6.04 Å². The molecule has 1 atom stereocenters. The number of nitrogens with one attached hydrogen (secondary N) is 2. The summed E-state index contributed by atoms with van der Waals surface area (Å²) in [4.78, 5) is 11.2. The van der Waals surface area contributed by atoms with Gasteiger partial charge in [-0.1, -0.05) is 12.1 Å². The molecule has 0 aliphatic carbocycles. The molecule has 0 heterocycles. The molecule has 0 bridgehead atoms. The first-order chi connectivity index (χ1) is 9.19. The van der Waals surface area contributed by atoms with Crippen molar-refractivity contribution < 1.29 is 17.9 Å². The van der Waals surface area contributed by atoms with Crippen LogP contribution in [0.4, 0.5) is 10.5 Å². The summed E-state index contributed by atoms with van der Waals surface area (Å²) in [7, 11) is -4.02. The predicted molar refractivity (Wildman–Crippen MR) is 76.3 cm³/mol. The summed E-state index contributed by atoms with van der Waals surface area (Å²) in [5.41, 5.74) is 6.88. The van der Waals surface area contributed by atoms with Crippen LogP contribution in [0.15, 0.2) is 24.3 Å². The second kappa shape index (κ2) is 6.58. The van der Waals surface area contributed by atoms with Gasteiger partial charge in [0.2, 0.25) is 0 Å². The molecule has 1 rings (SSSR count). The lowest BCUT2D eigenvalue weighted by Gasteiger charge is -2.12. The molecule has 0 saturated heterocycles. The first-order valence-corrected chi connectivity index (χ1v) is 7.54. The third kappa shape index (κ3) is 5.45. The summed E-state index contributed by atoms with van der Waals surface area (Å²) in [5.74, 6) is 0. The minimum atomic E-state index is -4.02. The van der Waals surface area contributed by atoms with Crippen molar-refractivity contribution in [1.82, 2.24) is 4.72 Å². The zero-order valence-electron chi connectivity index (χ0n) is 11.6. The highest BCUT2D eigenvalue weighted by atomic mass is 32.2. The van der Waals surface area contributed by atoms with Gasteiger partial charge in [-0.25, -0.2) is 9.52 Å². The smallest absolute Gasteiger partial charge is 0.422 e. The topological polar surface area (TPSA) is 111 Å². The van der Waals surface area contributed by atoms with Crippen LogP contribution in [-0.4, -0.2) is 20.6 Å². The molecule has 0 fully saturated rings. The van der Waals surface area contributed by atoms with Crippen LogP contribution in [0, 0.1) is 0 Å². The lowest BCUT2D eigenvalue weighted by atomic mass is 10.1. The van der Waals surface area contributed by atoms with E-state index in [9.17, 15) is 13.2 Å². The summed E-state index contributed by atoms with van der Waals surface area (Å²) < 4.78 is 32.0. The monoisotopic (exact) mass is 301 g/mol. The molecule has 20 heavy (non-hydrogen) atoms. The van der Waals surface area contributed by atoms with Crippen LogP contribution in [0.5, 0.6) is 0 Å². The minimum Gasteiger partial charge on any atom is -0.446 e. The standard InChI is InChI=1S/C12H19N3O4S/c1-8(2)19-12(16)15-20(17,18)14-11-6-4-10(5-7-11)9(3)13/h4-9,14H,13H2,1-3H3,(H,15,16). The molecule has 0 spiro atoms. The number of hydrogen-bond donors (Lipinski definition) is 3. The van der Waals surface area contributed by atoms with Crippen LogP contribution < -0.4 is 15.2 Å². The predicted octanol–water partition coefficient (Wildman–Crippen LogP) is 1.50. The highest BCUT2D eigenvalue weighted by Gasteiger charge is 2.16. The van der Waals surface area contributed by atoms with E-state index in [2.05, 4.69) is 9.46 Å². The molecule has 0 saturated carbocycles. The van der Waals surface area contributed by atoms with Crippen molar-refractivity contribution in [2.75, 3.05) is 4.72 Å². The van der Waals surface area contributed by atoms with Crippen LogP contribution in [0.3, 0.4) is 0 Å². The van der Waals surface area contributed by atoms with Gasteiger partial charge in [0, 0.05) is 6.04 Å². The summed E-state index contributed by atoms with van der Waals surface area (Å²) in [6, 6.07) is 6.39. The fourth-order valence-corrected chi connectivity index (χ4v) is 2.15.